The predicted molar refractivity (Wildman–Crippen MR) is 109 cm³/mol. The molecule has 7 heteroatoms. The maximum Gasteiger partial charge on any atom is 0.240 e. The Kier molecular flexibility index (Phi) is 4.39. The summed E-state index contributed by atoms with van der Waals surface area (Å²) in [7, 11) is 0. The van der Waals surface area contributed by atoms with Crippen molar-refractivity contribution in [3.05, 3.63) is 54.4 Å². The third kappa shape index (κ3) is 3.09. The number of carbonyl (C=O) groups excluding carboxylic acids is 1. The van der Waals surface area contributed by atoms with Gasteiger partial charge in [0.25, 0.3) is 0 Å². The molecule has 0 radical (unpaired) electrons. The molecule has 2 aromatic heterocycles. The van der Waals surface area contributed by atoms with Gasteiger partial charge in [-0.05, 0) is 49.9 Å². The maximum absolute atomic E-state index is 13.1. The Bertz CT molecular complexity index is 1010. The first-order valence-corrected chi connectivity index (χ1v) is 10.5. The first kappa shape index (κ1) is 17.4. The lowest BCUT2D eigenvalue weighted by atomic mass is 10.2. The molecule has 1 saturated carbocycles. The summed E-state index contributed by atoms with van der Waals surface area (Å²) >= 11 is 1.50. The van der Waals surface area contributed by atoms with Crippen molar-refractivity contribution < 1.29 is 4.79 Å². The number of benzene rings is 1. The molecule has 6 nitrogen and oxygen atoms in total. The highest BCUT2D eigenvalue weighted by molar-refractivity contribution is 8.00. The molecule has 0 spiro atoms. The highest BCUT2D eigenvalue weighted by Gasteiger charge is 2.33. The summed E-state index contributed by atoms with van der Waals surface area (Å²) in [5.74, 6) is 0.965. The summed E-state index contributed by atoms with van der Waals surface area (Å²) < 4.78 is 2.18. The quantitative estimate of drug-likeness (QED) is 0.620. The van der Waals surface area contributed by atoms with Crippen LogP contribution in [0.2, 0.25) is 0 Å². The van der Waals surface area contributed by atoms with E-state index in [1.807, 2.05) is 48.4 Å². The second-order valence-electron chi connectivity index (χ2n) is 7.28. The van der Waals surface area contributed by atoms with Crippen molar-refractivity contribution >= 4 is 23.4 Å². The fourth-order valence-electron chi connectivity index (χ4n) is 3.71. The van der Waals surface area contributed by atoms with Gasteiger partial charge in [0.05, 0.1) is 5.25 Å². The Balaban J connectivity index is 1.39. The lowest BCUT2D eigenvalue weighted by Crippen LogP contribution is -2.35. The molecule has 0 bridgehead atoms. The molecule has 1 aliphatic carbocycles. The van der Waals surface area contributed by atoms with Crippen LogP contribution in [0.1, 0.15) is 31.4 Å². The minimum Gasteiger partial charge on any atom is -0.311 e. The largest absolute Gasteiger partial charge is 0.311 e. The van der Waals surface area contributed by atoms with Gasteiger partial charge in [0.2, 0.25) is 5.91 Å². The van der Waals surface area contributed by atoms with Crippen LogP contribution in [0.25, 0.3) is 11.4 Å². The minimum absolute atomic E-state index is 0.128. The van der Waals surface area contributed by atoms with Gasteiger partial charge in [-0.2, -0.15) is 0 Å². The van der Waals surface area contributed by atoms with Crippen LogP contribution in [-0.4, -0.2) is 37.5 Å². The zero-order valence-corrected chi connectivity index (χ0v) is 16.5. The number of amides is 1. The Labute approximate surface area is 168 Å². The number of nitrogens with zero attached hydrogens (tertiary/aromatic N) is 5. The van der Waals surface area contributed by atoms with E-state index in [4.69, 9.17) is 0 Å². The summed E-state index contributed by atoms with van der Waals surface area (Å²) in [5.41, 5.74) is 3.24. The van der Waals surface area contributed by atoms with E-state index in [9.17, 15) is 4.79 Å². The van der Waals surface area contributed by atoms with Crippen LogP contribution in [0.15, 0.2) is 53.9 Å². The van der Waals surface area contributed by atoms with Gasteiger partial charge in [0.1, 0.15) is 0 Å². The number of fused-ring (bicyclic) bond motifs is 1. The van der Waals surface area contributed by atoms with Crippen molar-refractivity contribution in [1.29, 1.82) is 0 Å². The van der Waals surface area contributed by atoms with E-state index in [0.717, 1.165) is 48.0 Å². The lowest BCUT2D eigenvalue weighted by molar-refractivity contribution is -0.117. The molecule has 3 aromatic rings. The van der Waals surface area contributed by atoms with Crippen LogP contribution in [0.4, 0.5) is 5.69 Å². The Hall–Kier alpha value is -2.67. The van der Waals surface area contributed by atoms with E-state index < -0.39 is 0 Å². The number of pyridine rings is 1. The molecule has 28 heavy (non-hydrogen) atoms. The van der Waals surface area contributed by atoms with Gasteiger partial charge in [0, 0.05) is 36.2 Å². The number of aromatic nitrogens is 4. The second-order valence-corrected chi connectivity index (χ2v) is 8.59. The van der Waals surface area contributed by atoms with E-state index in [1.165, 1.54) is 17.3 Å². The third-order valence-corrected chi connectivity index (χ3v) is 6.32. The van der Waals surface area contributed by atoms with Gasteiger partial charge >= 0.3 is 0 Å². The van der Waals surface area contributed by atoms with Crippen LogP contribution in [0, 0.1) is 0 Å². The van der Waals surface area contributed by atoms with Crippen LogP contribution in [0.3, 0.4) is 0 Å². The van der Waals surface area contributed by atoms with E-state index in [0.29, 0.717) is 6.04 Å². The molecule has 1 aliphatic heterocycles. The molecule has 0 N–H and O–H groups in total. The van der Waals surface area contributed by atoms with Crippen molar-refractivity contribution in [2.75, 3.05) is 11.4 Å². The number of anilines is 1. The predicted octanol–water partition coefficient (Wildman–Crippen LogP) is 3.74. The number of para-hydroxylation sites is 1. The first-order valence-electron chi connectivity index (χ1n) is 9.63. The molecule has 1 fully saturated rings. The maximum atomic E-state index is 13.1. The second kappa shape index (κ2) is 7.05. The van der Waals surface area contributed by atoms with Gasteiger partial charge in [-0.15, -0.1) is 10.2 Å². The van der Waals surface area contributed by atoms with Crippen LogP contribution >= 0.6 is 11.8 Å². The van der Waals surface area contributed by atoms with Gasteiger partial charge in [-0.25, -0.2) is 0 Å². The zero-order chi connectivity index (χ0) is 19.1. The molecule has 2 aliphatic rings. The van der Waals surface area contributed by atoms with Crippen molar-refractivity contribution in [3.8, 4) is 11.4 Å². The van der Waals surface area contributed by atoms with E-state index in [1.54, 1.807) is 6.20 Å². The zero-order valence-electron chi connectivity index (χ0n) is 15.7. The summed E-state index contributed by atoms with van der Waals surface area (Å²) in [6.45, 7) is 2.71. The fourth-order valence-corrected chi connectivity index (χ4v) is 4.69. The molecule has 1 amide bonds. The van der Waals surface area contributed by atoms with Crippen molar-refractivity contribution in [3.63, 3.8) is 0 Å². The summed E-state index contributed by atoms with van der Waals surface area (Å²) in [6.07, 6.45) is 6.74. The highest BCUT2D eigenvalue weighted by Crippen LogP contribution is 2.42. The number of carbonyl (C=O) groups is 1. The summed E-state index contributed by atoms with van der Waals surface area (Å²) in [4.78, 5) is 19.2. The average Bonchev–Trinajstić information content (AvgIpc) is 3.34. The van der Waals surface area contributed by atoms with Crippen LogP contribution in [-0.2, 0) is 11.2 Å². The Morgan fingerprint density at radius 1 is 1.18 bits per heavy atom. The van der Waals surface area contributed by atoms with Gasteiger partial charge in [-0.3, -0.25) is 14.3 Å². The average molecular weight is 392 g/mol. The van der Waals surface area contributed by atoms with Crippen molar-refractivity contribution in [2.45, 2.75) is 42.6 Å². The molecule has 5 rings (SSSR count). The van der Waals surface area contributed by atoms with E-state index >= 15 is 0 Å². The number of rotatable bonds is 5. The molecule has 1 aromatic carbocycles. The number of hydrogen-bond acceptors (Lipinski definition) is 5. The summed E-state index contributed by atoms with van der Waals surface area (Å²) in [5, 5.41) is 9.43. The Morgan fingerprint density at radius 3 is 2.82 bits per heavy atom. The number of thioether (sulfide) groups is 1. The smallest absolute Gasteiger partial charge is 0.240 e. The van der Waals surface area contributed by atoms with Crippen molar-refractivity contribution in [1.82, 2.24) is 19.7 Å². The molecular formula is C21H21N5OS. The van der Waals surface area contributed by atoms with Gasteiger partial charge < -0.3 is 4.90 Å². The summed E-state index contributed by atoms with van der Waals surface area (Å²) in [6, 6.07) is 12.5. The molecule has 0 saturated heterocycles. The van der Waals surface area contributed by atoms with E-state index in [-0.39, 0.29) is 11.2 Å². The number of hydrogen-bond donors (Lipinski definition) is 0. The molecule has 1 atom stereocenters. The molecule has 3 heterocycles. The first-order chi connectivity index (χ1) is 13.7. The fraction of sp³-hybridized carbons (Fsp3) is 0.333. The monoisotopic (exact) mass is 391 g/mol. The molecular weight excluding hydrogens is 370 g/mol. The lowest BCUT2D eigenvalue weighted by Gasteiger charge is -2.21. The SMILES string of the molecule is CC(Sc1nnc(-c2cccnc2)n1C1CC1)C(=O)N1CCc2ccccc21. The van der Waals surface area contributed by atoms with Gasteiger partial charge in [0.15, 0.2) is 11.0 Å². The van der Waals surface area contributed by atoms with E-state index in [2.05, 4.69) is 25.8 Å². The van der Waals surface area contributed by atoms with Crippen LogP contribution in [0.5, 0.6) is 0 Å². The van der Waals surface area contributed by atoms with Crippen molar-refractivity contribution in [2.24, 2.45) is 0 Å². The topological polar surface area (TPSA) is 63.9 Å². The molecule has 1 unspecified atom stereocenters. The normalized spacial score (nSPS) is 16.8. The highest BCUT2D eigenvalue weighted by atomic mass is 32.2. The van der Waals surface area contributed by atoms with Gasteiger partial charge in [-0.1, -0.05) is 30.0 Å². The Morgan fingerprint density at radius 2 is 2.04 bits per heavy atom. The minimum atomic E-state index is -0.227. The third-order valence-electron chi connectivity index (χ3n) is 5.28. The molecule has 142 valence electrons. The van der Waals surface area contributed by atoms with Crippen LogP contribution < -0.4 is 4.90 Å². The standard InChI is InChI=1S/C21H21N5OS/c1-14(20(27)25-12-10-15-5-2-3-7-18(15)25)28-21-24-23-19(26(21)17-8-9-17)16-6-4-11-22-13-16/h2-7,11,13-14,17H,8-10,12H2,1H3.